The van der Waals surface area contributed by atoms with Gasteiger partial charge < -0.3 is 4.90 Å². The van der Waals surface area contributed by atoms with Crippen molar-refractivity contribution >= 4 is 6.34 Å². The van der Waals surface area contributed by atoms with Gasteiger partial charge in [-0.25, -0.2) is 0 Å². The fraction of sp³-hybridized carbons (Fsp3) is 0.500. The van der Waals surface area contributed by atoms with Crippen LogP contribution in [0.4, 0.5) is 0 Å². The van der Waals surface area contributed by atoms with E-state index in [1.807, 2.05) is 18.5 Å². The molecular weight excluding hydrogens is 186 g/mol. The maximum absolute atomic E-state index is 8.81. The van der Waals surface area contributed by atoms with Crippen molar-refractivity contribution in [3.8, 4) is 6.07 Å². The first-order chi connectivity index (χ1) is 7.35. The van der Waals surface area contributed by atoms with E-state index < -0.39 is 0 Å². The molecule has 1 aliphatic heterocycles. The highest BCUT2D eigenvalue weighted by Crippen LogP contribution is 2.27. The second kappa shape index (κ2) is 4.31. The summed E-state index contributed by atoms with van der Waals surface area (Å²) >= 11 is 0. The zero-order valence-electron chi connectivity index (χ0n) is 8.98. The first-order valence-electron chi connectivity index (χ1n) is 5.46. The monoisotopic (exact) mass is 201 g/mol. The van der Waals surface area contributed by atoms with Crippen LogP contribution in [0.3, 0.4) is 0 Å². The average Bonchev–Trinajstić information content (AvgIpc) is 2.68. The Morgan fingerprint density at radius 3 is 3.20 bits per heavy atom. The molecule has 78 valence electrons. The zero-order valence-corrected chi connectivity index (χ0v) is 8.98. The molecule has 0 N–H and O–H groups in total. The molecule has 1 aliphatic carbocycles. The van der Waals surface area contributed by atoms with Crippen LogP contribution in [0.2, 0.25) is 0 Å². The number of hydrogen-bond donors (Lipinski definition) is 0. The fourth-order valence-electron chi connectivity index (χ4n) is 1.92. The third-order valence-electron chi connectivity index (χ3n) is 2.82. The quantitative estimate of drug-likeness (QED) is 0.702. The van der Waals surface area contributed by atoms with Crippen LogP contribution >= 0.6 is 0 Å². The Hall–Kier alpha value is -1.56. The van der Waals surface area contributed by atoms with Gasteiger partial charge in [-0.15, -0.1) is 0 Å². The number of nitriles is 1. The van der Waals surface area contributed by atoms with Gasteiger partial charge in [-0.2, -0.15) is 5.26 Å². The van der Waals surface area contributed by atoms with Crippen LogP contribution in [0.1, 0.15) is 26.2 Å². The van der Waals surface area contributed by atoms with Crippen LogP contribution in [0.25, 0.3) is 0 Å². The van der Waals surface area contributed by atoms with Crippen molar-refractivity contribution in [2.24, 2.45) is 4.99 Å². The molecule has 2 rings (SSSR count). The molecule has 0 saturated carbocycles. The van der Waals surface area contributed by atoms with Crippen LogP contribution in [0, 0.1) is 11.3 Å². The van der Waals surface area contributed by atoms with Crippen molar-refractivity contribution in [2.75, 3.05) is 6.54 Å². The summed E-state index contributed by atoms with van der Waals surface area (Å²) in [5.74, 6) is 0. The number of rotatable bonds is 3. The van der Waals surface area contributed by atoms with E-state index in [0.717, 1.165) is 18.5 Å². The summed E-state index contributed by atoms with van der Waals surface area (Å²) in [5.41, 5.74) is 2.08. The molecule has 1 atom stereocenters. The maximum Gasteiger partial charge on any atom is 0.0964 e. The SMILES string of the molecule is CCCCN1C=NC2CC(C#N)=CC=C21. The van der Waals surface area contributed by atoms with Gasteiger partial charge in [0.25, 0.3) is 0 Å². The van der Waals surface area contributed by atoms with E-state index >= 15 is 0 Å². The lowest BCUT2D eigenvalue weighted by molar-refractivity contribution is 0.491. The normalized spacial score (nSPS) is 23.2. The van der Waals surface area contributed by atoms with E-state index in [9.17, 15) is 0 Å². The molecule has 0 saturated heterocycles. The summed E-state index contributed by atoms with van der Waals surface area (Å²) in [5, 5.41) is 8.81. The van der Waals surface area contributed by atoms with Crippen LogP contribution in [-0.2, 0) is 0 Å². The molecule has 0 amide bonds. The standard InChI is InChI=1S/C12H15N3/c1-2-3-6-15-9-14-11-7-10(8-13)4-5-12(11)15/h4-5,9,11H,2-3,6-7H2,1H3. The molecule has 0 spiro atoms. The van der Waals surface area contributed by atoms with Gasteiger partial charge in [-0.3, -0.25) is 4.99 Å². The van der Waals surface area contributed by atoms with Gasteiger partial charge in [0.05, 0.1) is 18.4 Å². The van der Waals surface area contributed by atoms with E-state index in [1.54, 1.807) is 0 Å². The summed E-state index contributed by atoms with van der Waals surface area (Å²) < 4.78 is 0. The van der Waals surface area contributed by atoms with Gasteiger partial charge in [0.1, 0.15) is 0 Å². The van der Waals surface area contributed by atoms with Crippen molar-refractivity contribution in [1.29, 1.82) is 5.26 Å². The fourth-order valence-corrected chi connectivity index (χ4v) is 1.92. The molecule has 0 fully saturated rings. The Morgan fingerprint density at radius 2 is 2.47 bits per heavy atom. The number of nitrogens with zero attached hydrogens (tertiary/aromatic N) is 3. The summed E-state index contributed by atoms with van der Waals surface area (Å²) in [7, 11) is 0. The average molecular weight is 201 g/mol. The molecule has 0 aromatic rings. The van der Waals surface area contributed by atoms with Gasteiger partial charge in [0, 0.05) is 24.2 Å². The smallest absolute Gasteiger partial charge is 0.0964 e. The maximum atomic E-state index is 8.81. The number of hydrogen-bond acceptors (Lipinski definition) is 3. The van der Waals surface area contributed by atoms with Crippen molar-refractivity contribution in [2.45, 2.75) is 32.2 Å². The molecule has 0 aromatic heterocycles. The summed E-state index contributed by atoms with van der Waals surface area (Å²) in [6.07, 6.45) is 9.02. The Balaban J connectivity index is 2.08. The topological polar surface area (TPSA) is 39.4 Å². The highest BCUT2D eigenvalue weighted by Gasteiger charge is 2.26. The number of unbranched alkanes of at least 4 members (excludes halogenated alkanes) is 1. The van der Waals surface area contributed by atoms with Crippen molar-refractivity contribution in [3.05, 3.63) is 23.4 Å². The Bertz CT molecular complexity index is 371. The Morgan fingerprint density at radius 1 is 1.60 bits per heavy atom. The second-order valence-corrected chi connectivity index (χ2v) is 3.93. The van der Waals surface area contributed by atoms with Crippen molar-refractivity contribution in [1.82, 2.24) is 4.90 Å². The minimum Gasteiger partial charge on any atom is -0.334 e. The molecule has 3 nitrogen and oxygen atoms in total. The van der Waals surface area contributed by atoms with Crippen molar-refractivity contribution < 1.29 is 0 Å². The van der Waals surface area contributed by atoms with E-state index in [2.05, 4.69) is 22.9 Å². The van der Waals surface area contributed by atoms with Crippen LogP contribution in [0.15, 0.2) is 28.4 Å². The molecule has 1 heterocycles. The predicted molar refractivity (Wildman–Crippen MR) is 60.3 cm³/mol. The minimum atomic E-state index is 0.196. The third kappa shape index (κ3) is 1.94. The second-order valence-electron chi connectivity index (χ2n) is 3.93. The Kier molecular flexibility index (Phi) is 2.86. The van der Waals surface area contributed by atoms with E-state index in [0.29, 0.717) is 0 Å². The third-order valence-corrected chi connectivity index (χ3v) is 2.82. The number of fused-ring (bicyclic) bond motifs is 1. The molecule has 0 bridgehead atoms. The van der Waals surface area contributed by atoms with Gasteiger partial charge in [0.2, 0.25) is 0 Å². The van der Waals surface area contributed by atoms with Crippen molar-refractivity contribution in [3.63, 3.8) is 0 Å². The first-order valence-corrected chi connectivity index (χ1v) is 5.46. The lowest BCUT2D eigenvalue weighted by Gasteiger charge is -2.21. The lowest BCUT2D eigenvalue weighted by atomic mass is 9.99. The largest absolute Gasteiger partial charge is 0.334 e. The molecular formula is C12H15N3. The molecule has 2 aliphatic rings. The first kappa shape index (κ1) is 9.97. The van der Waals surface area contributed by atoms with Gasteiger partial charge in [-0.1, -0.05) is 13.3 Å². The molecule has 1 unspecified atom stereocenters. The van der Waals surface area contributed by atoms with E-state index in [4.69, 9.17) is 5.26 Å². The highest BCUT2D eigenvalue weighted by molar-refractivity contribution is 5.64. The lowest BCUT2D eigenvalue weighted by Crippen LogP contribution is -2.23. The number of aliphatic imine (C=N–C) groups is 1. The minimum absolute atomic E-state index is 0.196. The summed E-state index contributed by atoms with van der Waals surface area (Å²) in [6.45, 7) is 3.23. The number of allylic oxidation sites excluding steroid dienone is 2. The van der Waals surface area contributed by atoms with E-state index in [-0.39, 0.29) is 6.04 Å². The van der Waals surface area contributed by atoms with Gasteiger partial charge >= 0.3 is 0 Å². The van der Waals surface area contributed by atoms with Crippen LogP contribution < -0.4 is 0 Å². The molecule has 3 heteroatoms. The van der Waals surface area contributed by atoms with Gasteiger partial charge in [-0.05, 0) is 18.6 Å². The van der Waals surface area contributed by atoms with Crippen LogP contribution in [-0.4, -0.2) is 23.8 Å². The van der Waals surface area contributed by atoms with Gasteiger partial charge in [0.15, 0.2) is 0 Å². The summed E-state index contributed by atoms with van der Waals surface area (Å²) in [6, 6.07) is 2.39. The highest BCUT2D eigenvalue weighted by atomic mass is 15.2. The Labute approximate surface area is 90.4 Å². The molecule has 0 aromatic carbocycles. The summed E-state index contributed by atoms with van der Waals surface area (Å²) in [4.78, 5) is 6.64. The molecule has 0 radical (unpaired) electrons. The zero-order chi connectivity index (χ0) is 10.7. The molecule has 15 heavy (non-hydrogen) atoms. The van der Waals surface area contributed by atoms with Crippen LogP contribution in [0.5, 0.6) is 0 Å². The predicted octanol–water partition coefficient (Wildman–Crippen LogP) is 2.24. The van der Waals surface area contributed by atoms with E-state index in [1.165, 1.54) is 18.5 Å².